The van der Waals surface area contributed by atoms with Crippen molar-refractivity contribution in [3.8, 4) is 0 Å². The van der Waals surface area contributed by atoms with Crippen molar-refractivity contribution >= 4 is 11.8 Å². The van der Waals surface area contributed by atoms with Gasteiger partial charge in [-0.3, -0.25) is 9.69 Å². The first-order valence-electron chi connectivity index (χ1n) is 8.53. The SMILES string of the molecule is CCOC(=O)CCCCN1CCN(c2cc(C)nc(C)n2)CC1. The van der Waals surface area contributed by atoms with Gasteiger partial charge in [0.05, 0.1) is 6.61 Å². The van der Waals surface area contributed by atoms with Gasteiger partial charge in [-0.15, -0.1) is 0 Å². The lowest BCUT2D eigenvalue weighted by Crippen LogP contribution is -2.47. The van der Waals surface area contributed by atoms with E-state index in [9.17, 15) is 4.79 Å². The van der Waals surface area contributed by atoms with Crippen LogP contribution in [0.5, 0.6) is 0 Å². The fraction of sp³-hybridized carbons (Fsp3) is 0.706. The molecule has 0 radical (unpaired) electrons. The number of nitrogens with zero attached hydrogens (tertiary/aromatic N) is 4. The Balaban J connectivity index is 1.68. The van der Waals surface area contributed by atoms with Crippen molar-refractivity contribution in [3.63, 3.8) is 0 Å². The summed E-state index contributed by atoms with van der Waals surface area (Å²) in [4.78, 5) is 25.0. The van der Waals surface area contributed by atoms with Gasteiger partial charge in [-0.25, -0.2) is 9.97 Å². The first-order chi connectivity index (χ1) is 11.1. The second-order valence-electron chi connectivity index (χ2n) is 6.01. The number of rotatable bonds is 7. The van der Waals surface area contributed by atoms with Crippen LogP contribution in [0.1, 0.15) is 37.7 Å². The Morgan fingerprint density at radius 3 is 2.57 bits per heavy atom. The summed E-state index contributed by atoms with van der Waals surface area (Å²) in [6.45, 7) is 11.4. The topological polar surface area (TPSA) is 58.6 Å². The van der Waals surface area contributed by atoms with Gasteiger partial charge in [0, 0.05) is 44.4 Å². The number of hydrogen-bond acceptors (Lipinski definition) is 6. The molecule has 0 bridgehead atoms. The zero-order valence-electron chi connectivity index (χ0n) is 14.5. The van der Waals surface area contributed by atoms with Crippen molar-refractivity contribution in [2.24, 2.45) is 0 Å². The highest BCUT2D eigenvalue weighted by Gasteiger charge is 2.18. The number of piperazine rings is 1. The van der Waals surface area contributed by atoms with Crippen LogP contribution < -0.4 is 4.90 Å². The Morgan fingerprint density at radius 2 is 1.91 bits per heavy atom. The van der Waals surface area contributed by atoms with Crippen molar-refractivity contribution < 1.29 is 9.53 Å². The van der Waals surface area contributed by atoms with Gasteiger partial charge < -0.3 is 9.64 Å². The van der Waals surface area contributed by atoms with E-state index in [0.717, 1.165) is 62.9 Å². The molecule has 0 spiro atoms. The van der Waals surface area contributed by atoms with E-state index in [4.69, 9.17) is 4.74 Å². The monoisotopic (exact) mass is 320 g/mol. The van der Waals surface area contributed by atoms with Crippen LogP contribution in [-0.2, 0) is 9.53 Å². The smallest absolute Gasteiger partial charge is 0.305 e. The maximum atomic E-state index is 11.3. The third-order valence-electron chi connectivity index (χ3n) is 4.06. The Labute approximate surface area is 138 Å². The van der Waals surface area contributed by atoms with Crippen LogP contribution in [0.3, 0.4) is 0 Å². The third-order valence-corrected chi connectivity index (χ3v) is 4.06. The molecule has 0 aliphatic carbocycles. The van der Waals surface area contributed by atoms with Crippen LogP contribution in [-0.4, -0.2) is 60.2 Å². The molecule has 1 saturated heterocycles. The zero-order valence-corrected chi connectivity index (χ0v) is 14.5. The zero-order chi connectivity index (χ0) is 16.7. The summed E-state index contributed by atoms with van der Waals surface area (Å²) in [5, 5.41) is 0. The number of esters is 1. The molecule has 1 aromatic rings. The highest BCUT2D eigenvalue weighted by Crippen LogP contribution is 2.15. The van der Waals surface area contributed by atoms with Crippen molar-refractivity contribution in [1.82, 2.24) is 14.9 Å². The van der Waals surface area contributed by atoms with E-state index in [1.807, 2.05) is 20.8 Å². The standard InChI is InChI=1S/C17H28N4O2/c1-4-23-17(22)7-5-6-8-20-9-11-21(12-10-20)16-13-14(2)18-15(3)19-16/h13H,4-12H2,1-3H3. The van der Waals surface area contributed by atoms with E-state index in [2.05, 4.69) is 25.8 Å². The van der Waals surface area contributed by atoms with Crippen LogP contribution in [0.4, 0.5) is 5.82 Å². The summed E-state index contributed by atoms with van der Waals surface area (Å²) in [7, 11) is 0. The molecule has 6 nitrogen and oxygen atoms in total. The number of aromatic nitrogens is 2. The maximum Gasteiger partial charge on any atom is 0.305 e. The van der Waals surface area contributed by atoms with Gasteiger partial charge in [0.1, 0.15) is 11.6 Å². The van der Waals surface area contributed by atoms with E-state index in [1.165, 1.54) is 0 Å². The Kier molecular flexibility index (Phi) is 6.77. The first kappa shape index (κ1) is 17.7. The average Bonchev–Trinajstić information content (AvgIpc) is 2.51. The molecule has 0 amide bonds. The molecular weight excluding hydrogens is 292 g/mol. The van der Waals surface area contributed by atoms with Crippen LogP contribution in [0.15, 0.2) is 6.07 Å². The molecule has 2 rings (SSSR count). The molecule has 0 N–H and O–H groups in total. The quantitative estimate of drug-likeness (QED) is 0.565. The molecule has 23 heavy (non-hydrogen) atoms. The van der Waals surface area contributed by atoms with Gasteiger partial charge in [0.25, 0.3) is 0 Å². The van der Waals surface area contributed by atoms with Gasteiger partial charge in [-0.05, 0) is 40.2 Å². The largest absolute Gasteiger partial charge is 0.466 e. The normalized spacial score (nSPS) is 15.7. The lowest BCUT2D eigenvalue weighted by molar-refractivity contribution is -0.143. The molecule has 6 heteroatoms. The predicted octanol–water partition coefficient (Wildman–Crippen LogP) is 1.95. The summed E-state index contributed by atoms with van der Waals surface area (Å²) >= 11 is 0. The summed E-state index contributed by atoms with van der Waals surface area (Å²) < 4.78 is 4.94. The first-order valence-corrected chi connectivity index (χ1v) is 8.53. The Hall–Kier alpha value is -1.69. The minimum absolute atomic E-state index is 0.0770. The van der Waals surface area contributed by atoms with Crippen LogP contribution in [0.2, 0.25) is 0 Å². The molecule has 0 unspecified atom stereocenters. The number of carbonyl (C=O) groups is 1. The number of anilines is 1. The molecule has 0 aromatic carbocycles. The Morgan fingerprint density at radius 1 is 1.17 bits per heavy atom. The third kappa shape index (κ3) is 5.78. The van der Waals surface area contributed by atoms with Crippen LogP contribution >= 0.6 is 0 Å². The van der Waals surface area contributed by atoms with Crippen molar-refractivity contribution in [2.45, 2.75) is 40.0 Å². The predicted molar refractivity (Wildman–Crippen MR) is 90.6 cm³/mol. The van der Waals surface area contributed by atoms with Gasteiger partial charge in [0.2, 0.25) is 0 Å². The lowest BCUT2D eigenvalue weighted by atomic mass is 10.2. The summed E-state index contributed by atoms with van der Waals surface area (Å²) in [6.07, 6.45) is 2.49. The van der Waals surface area contributed by atoms with E-state index in [0.29, 0.717) is 13.0 Å². The molecule has 0 saturated carbocycles. The van der Waals surface area contributed by atoms with Crippen molar-refractivity contribution in [1.29, 1.82) is 0 Å². The van der Waals surface area contributed by atoms with Gasteiger partial charge in [0.15, 0.2) is 0 Å². The molecule has 1 aliphatic rings. The Bertz CT molecular complexity index is 493. The summed E-state index contributed by atoms with van der Waals surface area (Å²) in [5.74, 6) is 1.80. The van der Waals surface area contributed by atoms with E-state index in [-0.39, 0.29) is 5.97 Å². The fourth-order valence-corrected chi connectivity index (χ4v) is 2.90. The molecule has 0 atom stereocenters. The number of ether oxygens (including phenoxy) is 1. The molecule has 1 aromatic heterocycles. The van der Waals surface area contributed by atoms with Crippen molar-refractivity contribution in [3.05, 3.63) is 17.6 Å². The van der Waals surface area contributed by atoms with E-state index >= 15 is 0 Å². The number of aryl methyl sites for hydroxylation is 2. The molecular formula is C17H28N4O2. The van der Waals surface area contributed by atoms with Gasteiger partial charge in [-0.2, -0.15) is 0 Å². The molecule has 1 fully saturated rings. The van der Waals surface area contributed by atoms with Gasteiger partial charge in [-0.1, -0.05) is 0 Å². The van der Waals surface area contributed by atoms with Crippen molar-refractivity contribution in [2.75, 3.05) is 44.2 Å². The molecule has 1 aliphatic heterocycles. The number of unbranched alkanes of at least 4 members (excludes halogenated alkanes) is 1. The lowest BCUT2D eigenvalue weighted by Gasteiger charge is -2.35. The van der Waals surface area contributed by atoms with E-state index in [1.54, 1.807) is 0 Å². The summed E-state index contributed by atoms with van der Waals surface area (Å²) in [6, 6.07) is 2.06. The summed E-state index contributed by atoms with van der Waals surface area (Å²) in [5.41, 5.74) is 1.02. The highest BCUT2D eigenvalue weighted by atomic mass is 16.5. The minimum atomic E-state index is -0.0770. The number of hydrogen-bond donors (Lipinski definition) is 0. The maximum absolute atomic E-state index is 11.3. The fourth-order valence-electron chi connectivity index (χ4n) is 2.90. The van der Waals surface area contributed by atoms with Crippen LogP contribution in [0, 0.1) is 13.8 Å². The van der Waals surface area contributed by atoms with E-state index < -0.39 is 0 Å². The minimum Gasteiger partial charge on any atom is -0.466 e. The second kappa shape index (κ2) is 8.82. The number of carbonyl (C=O) groups excluding carboxylic acids is 1. The second-order valence-corrected chi connectivity index (χ2v) is 6.01. The molecule has 128 valence electrons. The molecule has 2 heterocycles. The van der Waals surface area contributed by atoms with Gasteiger partial charge >= 0.3 is 5.97 Å². The van der Waals surface area contributed by atoms with Crippen LogP contribution in [0.25, 0.3) is 0 Å². The highest BCUT2D eigenvalue weighted by molar-refractivity contribution is 5.69. The average molecular weight is 320 g/mol.